The fourth-order valence-corrected chi connectivity index (χ4v) is 1.46. The van der Waals surface area contributed by atoms with E-state index >= 15 is 0 Å². The van der Waals surface area contributed by atoms with E-state index in [1.165, 1.54) is 38.3 Å². The number of carbonyl (C=O) groups is 1. The molecule has 0 heterocycles. The summed E-state index contributed by atoms with van der Waals surface area (Å²) in [6.07, 6.45) is 2.56. The highest BCUT2D eigenvalue weighted by Gasteiger charge is 2.20. The molecule has 0 aliphatic heterocycles. The van der Waals surface area contributed by atoms with Crippen molar-refractivity contribution in [3.8, 4) is 6.07 Å². The van der Waals surface area contributed by atoms with E-state index in [1.54, 1.807) is 6.07 Å². The van der Waals surface area contributed by atoms with Crippen LogP contribution >= 0.6 is 0 Å². The Morgan fingerprint density at radius 2 is 2.22 bits per heavy atom. The van der Waals surface area contributed by atoms with Crippen LogP contribution in [-0.4, -0.2) is 18.0 Å². The van der Waals surface area contributed by atoms with Gasteiger partial charge < -0.3 is 4.74 Å². The number of methoxy groups -OCH3 is 1. The lowest BCUT2D eigenvalue weighted by Gasteiger charge is -2.06. The van der Waals surface area contributed by atoms with Gasteiger partial charge in [0.05, 0.1) is 23.7 Å². The van der Waals surface area contributed by atoms with Crippen LogP contribution in [0.25, 0.3) is 6.08 Å². The summed E-state index contributed by atoms with van der Waals surface area (Å²) < 4.78 is 4.56. The van der Waals surface area contributed by atoms with E-state index in [0.29, 0.717) is 5.56 Å². The molecule has 0 bridgehead atoms. The molecule has 0 aromatic heterocycles. The molecular formula is C12H10N2O4. The summed E-state index contributed by atoms with van der Waals surface area (Å²) in [6.45, 7) is 1.47. The first-order valence-corrected chi connectivity index (χ1v) is 4.94. The molecule has 0 N–H and O–H groups in total. The lowest BCUT2D eigenvalue weighted by molar-refractivity contribution is -0.385. The number of hydrogen-bond donors (Lipinski definition) is 0. The van der Waals surface area contributed by atoms with Crippen molar-refractivity contribution in [3.05, 3.63) is 45.0 Å². The van der Waals surface area contributed by atoms with E-state index < -0.39 is 10.9 Å². The predicted octanol–water partition coefficient (Wildman–Crippen LogP) is 2.23. The highest BCUT2D eigenvalue weighted by atomic mass is 16.6. The summed E-state index contributed by atoms with van der Waals surface area (Å²) in [7, 11) is 1.20. The third kappa shape index (κ3) is 2.71. The molecule has 0 aliphatic carbocycles. The molecule has 0 amide bonds. The summed E-state index contributed by atoms with van der Waals surface area (Å²) >= 11 is 0. The normalized spacial score (nSPS) is 10.1. The van der Waals surface area contributed by atoms with Crippen molar-refractivity contribution in [2.45, 2.75) is 6.92 Å². The van der Waals surface area contributed by atoms with Gasteiger partial charge in [-0.15, -0.1) is 0 Å². The minimum Gasteiger partial charge on any atom is -0.465 e. The van der Waals surface area contributed by atoms with E-state index in [4.69, 9.17) is 5.26 Å². The molecule has 1 aromatic carbocycles. The monoisotopic (exact) mass is 246 g/mol. The molecule has 1 aromatic rings. The second-order valence-electron chi connectivity index (χ2n) is 3.42. The fraction of sp³-hybridized carbons (Fsp3) is 0.167. The standard InChI is InChI=1S/C12H10N2O4/c1-8-10(12(15)18-2)6-9(4-3-5-13)7-11(8)14(16)17/h3-4,6-7H,1-2H3. The Morgan fingerprint density at radius 1 is 1.56 bits per heavy atom. The van der Waals surface area contributed by atoms with Crippen LogP contribution in [0.3, 0.4) is 0 Å². The Balaban J connectivity index is 3.47. The van der Waals surface area contributed by atoms with Gasteiger partial charge in [-0.1, -0.05) is 0 Å². The van der Waals surface area contributed by atoms with Gasteiger partial charge in [0.15, 0.2) is 0 Å². The molecule has 0 saturated heterocycles. The quantitative estimate of drug-likeness (QED) is 0.353. The highest BCUT2D eigenvalue weighted by Crippen LogP contribution is 2.25. The van der Waals surface area contributed by atoms with E-state index in [-0.39, 0.29) is 16.8 Å². The molecule has 0 radical (unpaired) electrons. The Labute approximate surface area is 103 Å². The average molecular weight is 246 g/mol. The summed E-state index contributed by atoms with van der Waals surface area (Å²) in [4.78, 5) is 21.8. The summed E-state index contributed by atoms with van der Waals surface area (Å²) in [6, 6.07) is 4.52. The number of nitriles is 1. The van der Waals surface area contributed by atoms with E-state index in [0.717, 1.165) is 0 Å². The van der Waals surface area contributed by atoms with Gasteiger partial charge in [0, 0.05) is 17.7 Å². The van der Waals surface area contributed by atoms with Crippen LogP contribution in [0, 0.1) is 28.4 Å². The summed E-state index contributed by atoms with van der Waals surface area (Å²) in [5, 5.41) is 19.3. The van der Waals surface area contributed by atoms with E-state index in [1.807, 2.05) is 0 Å². The van der Waals surface area contributed by atoms with Gasteiger partial charge in [-0.25, -0.2) is 4.79 Å². The number of nitrogens with zero attached hydrogens (tertiary/aromatic N) is 2. The minimum atomic E-state index is -0.650. The van der Waals surface area contributed by atoms with Crippen LogP contribution in [0.2, 0.25) is 0 Å². The molecule has 0 spiro atoms. The van der Waals surface area contributed by atoms with Gasteiger partial charge in [0.25, 0.3) is 5.69 Å². The number of rotatable bonds is 3. The zero-order valence-electron chi connectivity index (χ0n) is 9.84. The topological polar surface area (TPSA) is 93.2 Å². The highest BCUT2D eigenvalue weighted by molar-refractivity contribution is 5.93. The Bertz CT molecular complexity index is 570. The summed E-state index contributed by atoms with van der Waals surface area (Å²) in [5.41, 5.74) is 0.565. The molecule has 0 fully saturated rings. The second kappa shape index (κ2) is 5.59. The average Bonchev–Trinajstić information content (AvgIpc) is 2.36. The van der Waals surface area contributed by atoms with Gasteiger partial charge >= 0.3 is 5.97 Å². The van der Waals surface area contributed by atoms with Crippen molar-refractivity contribution >= 4 is 17.7 Å². The van der Waals surface area contributed by atoms with Crippen molar-refractivity contribution in [1.82, 2.24) is 0 Å². The lowest BCUT2D eigenvalue weighted by Crippen LogP contribution is -2.06. The molecule has 0 aliphatic rings. The van der Waals surface area contributed by atoms with Crippen LogP contribution in [0.4, 0.5) is 5.69 Å². The van der Waals surface area contributed by atoms with Crippen molar-refractivity contribution in [2.24, 2.45) is 0 Å². The van der Waals surface area contributed by atoms with Crippen molar-refractivity contribution in [1.29, 1.82) is 5.26 Å². The summed E-state index contributed by atoms with van der Waals surface area (Å²) in [5.74, 6) is -0.650. The second-order valence-corrected chi connectivity index (χ2v) is 3.42. The van der Waals surface area contributed by atoms with E-state index in [9.17, 15) is 14.9 Å². The van der Waals surface area contributed by atoms with Crippen molar-refractivity contribution < 1.29 is 14.5 Å². The molecule has 6 heteroatoms. The molecular weight excluding hydrogens is 236 g/mol. The SMILES string of the molecule is COC(=O)c1cc(C=CC#N)cc([N+](=O)[O-])c1C. The zero-order valence-corrected chi connectivity index (χ0v) is 9.84. The number of hydrogen-bond acceptors (Lipinski definition) is 5. The Hall–Kier alpha value is -2.68. The molecule has 0 saturated carbocycles. The molecule has 18 heavy (non-hydrogen) atoms. The predicted molar refractivity (Wildman–Crippen MR) is 63.8 cm³/mol. The first-order valence-electron chi connectivity index (χ1n) is 4.94. The van der Waals surface area contributed by atoms with Gasteiger partial charge in [-0.05, 0) is 24.6 Å². The molecule has 0 unspecified atom stereocenters. The fourth-order valence-electron chi connectivity index (χ4n) is 1.46. The van der Waals surface area contributed by atoms with Crippen molar-refractivity contribution in [3.63, 3.8) is 0 Å². The van der Waals surface area contributed by atoms with E-state index in [2.05, 4.69) is 4.74 Å². The van der Waals surface area contributed by atoms with Crippen molar-refractivity contribution in [2.75, 3.05) is 7.11 Å². The zero-order chi connectivity index (χ0) is 13.7. The number of nitro groups is 1. The molecule has 1 rings (SSSR count). The molecule has 92 valence electrons. The lowest BCUT2D eigenvalue weighted by atomic mass is 10.0. The Morgan fingerprint density at radius 3 is 2.72 bits per heavy atom. The maximum absolute atomic E-state index is 11.5. The maximum atomic E-state index is 11.5. The number of ether oxygens (including phenoxy) is 1. The largest absolute Gasteiger partial charge is 0.465 e. The van der Waals surface area contributed by atoms with Gasteiger partial charge in [-0.3, -0.25) is 10.1 Å². The number of carbonyl (C=O) groups excluding carboxylic acids is 1. The first-order chi connectivity index (χ1) is 8.51. The number of nitro benzene ring substituents is 1. The van der Waals surface area contributed by atoms with Crippen LogP contribution in [0.15, 0.2) is 18.2 Å². The maximum Gasteiger partial charge on any atom is 0.338 e. The number of benzene rings is 1. The third-order valence-corrected chi connectivity index (χ3v) is 2.35. The smallest absolute Gasteiger partial charge is 0.338 e. The van der Waals surface area contributed by atoms with Gasteiger partial charge in [0.2, 0.25) is 0 Å². The minimum absolute atomic E-state index is 0.115. The van der Waals surface area contributed by atoms with Gasteiger partial charge in [0.1, 0.15) is 0 Å². The molecule has 6 nitrogen and oxygen atoms in total. The number of esters is 1. The van der Waals surface area contributed by atoms with Crippen LogP contribution in [-0.2, 0) is 4.74 Å². The van der Waals surface area contributed by atoms with Crippen LogP contribution in [0.1, 0.15) is 21.5 Å². The molecule has 0 atom stereocenters. The van der Waals surface area contributed by atoms with Crippen LogP contribution < -0.4 is 0 Å². The van der Waals surface area contributed by atoms with Gasteiger partial charge in [-0.2, -0.15) is 5.26 Å². The Kier molecular flexibility index (Phi) is 4.16. The number of allylic oxidation sites excluding steroid dienone is 1. The third-order valence-electron chi connectivity index (χ3n) is 2.35. The first kappa shape index (κ1) is 13.4. The van der Waals surface area contributed by atoms with Crippen LogP contribution in [0.5, 0.6) is 0 Å².